The van der Waals surface area contributed by atoms with Crippen LogP contribution >= 0.6 is 0 Å². The molecule has 1 N–H and O–H groups in total. The highest BCUT2D eigenvalue weighted by molar-refractivity contribution is 5.90. The van der Waals surface area contributed by atoms with E-state index in [1.807, 2.05) is 24.3 Å². The highest BCUT2D eigenvalue weighted by Crippen LogP contribution is 2.30. The molecule has 0 saturated carbocycles. The summed E-state index contributed by atoms with van der Waals surface area (Å²) in [7, 11) is 3.15. The number of carboxylic acids is 1. The van der Waals surface area contributed by atoms with E-state index in [0.29, 0.717) is 23.7 Å². The lowest BCUT2D eigenvalue weighted by atomic mass is 10.1. The van der Waals surface area contributed by atoms with Gasteiger partial charge in [-0.2, -0.15) is 0 Å². The lowest BCUT2D eigenvalue weighted by molar-refractivity contribution is -0.136. The van der Waals surface area contributed by atoms with Gasteiger partial charge in [-0.3, -0.25) is 0 Å². The predicted octanol–water partition coefficient (Wildman–Crippen LogP) is 3.74. The second kappa shape index (κ2) is 9.36. The number of rotatable bonds is 9. The quantitative estimate of drug-likeness (QED) is 0.544. The van der Waals surface area contributed by atoms with Gasteiger partial charge in [-0.15, -0.1) is 0 Å². The second-order valence-corrected chi connectivity index (χ2v) is 5.29. The number of hydrogen-bond acceptors (Lipinski definition) is 5. The lowest BCUT2D eigenvalue weighted by Crippen LogP contribution is -2.04. The fourth-order valence-electron chi connectivity index (χ4n) is 2.25. The van der Waals surface area contributed by atoms with Crippen molar-refractivity contribution in [2.75, 3.05) is 20.8 Å². The molecule has 0 saturated heterocycles. The number of carboxylic acid groups (broad SMARTS) is 1. The standard InChI is InChI=1S/C20H22O6/c1-4-25-19(20(21)22)12-15-7-10-17(18(11-15)24-3)26-13-14-5-8-16(23-2)9-6-14/h5-12H,4,13H2,1-3H3,(H,21,22). The van der Waals surface area contributed by atoms with E-state index in [0.717, 1.165) is 11.3 Å². The zero-order chi connectivity index (χ0) is 18.9. The molecule has 0 aliphatic heterocycles. The van der Waals surface area contributed by atoms with E-state index in [9.17, 15) is 4.79 Å². The summed E-state index contributed by atoms with van der Waals surface area (Å²) >= 11 is 0. The highest BCUT2D eigenvalue weighted by atomic mass is 16.5. The number of hydrogen-bond donors (Lipinski definition) is 1. The fourth-order valence-corrected chi connectivity index (χ4v) is 2.25. The maximum Gasteiger partial charge on any atom is 0.371 e. The molecule has 0 aromatic heterocycles. The molecule has 6 heteroatoms. The number of ether oxygens (including phenoxy) is 4. The Labute approximate surface area is 152 Å². The normalized spacial score (nSPS) is 11.0. The Kier molecular flexibility index (Phi) is 6.91. The first-order chi connectivity index (χ1) is 12.6. The maximum atomic E-state index is 11.2. The van der Waals surface area contributed by atoms with E-state index in [2.05, 4.69) is 0 Å². The third-order valence-electron chi connectivity index (χ3n) is 3.55. The summed E-state index contributed by atoms with van der Waals surface area (Å²) in [5.74, 6) is 0.611. The van der Waals surface area contributed by atoms with Crippen molar-refractivity contribution in [2.24, 2.45) is 0 Å². The average molecular weight is 358 g/mol. The Hall–Kier alpha value is -3.15. The van der Waals surface area contributed by atoms with Crippen LogP contribution in [-0.2, 0) is 16.1 Å². The van der Waals surface area contributed by atoms with Crippen molar-refractivity contribution in [3.63, 3.8) is 0 Å². The maximum absolute atomic E-state index is 11.2. The van der Waals surface area contributed by atoms with E-state index >= 15 is 0 Å². The highest BCUT2D eigenvalue weighted by Gasteiger charge is 2.10. The lowest BCUT2D eigenvalue weighted by Gasteiger charge is -2.12. The van der Waals surface area contributed by atoms with Crippen molar-refractivity contribution in [3.8, 4) is 17.2 Å². The molecule has 138 valence electrons. The summed E-state index contributed by atoms with van der Waals surface area (Å²) in [6, 6.07) is 12.8. The van der Waals surface area contributed by atoms with Gasteiger partial charge in [-0.25, -0.2) is 4.79 Å². The van der Waals surface area contributed by atoms with Crippen LogP contribution in [0.15, 0.2) is 48.2 Å². The summed E-state index contributed by atoms with van der Waals surface area (Å²) < 4.78 is 21.4. The molecule has 0 heterocycles. The van der Waals surface area contributed by atoms with Crippen molar-refractivity contribution in [2.45, 2.75) is 13.5 Å². The Morgan fingerprint density at radius 1 is 1.04 bits per heavy atom. The van der Waals surface area contributed by atoms with Gasteiger partial charge in [0.15, 0.2) is 11.5 Å². The van der Waals surface area contributed by atoms with Crippen LogP contribution in [0.25, 0.3) is 6.08 Å². The molecular formula is C20H22O6. The summed E-state index contributed by atoms with van der Waals surface area (Å²) in [6.45, 7) is 2.38. The minimum atomic E-state index is -1.12. The second-order valence-electron chi connectivity index (χ2n) is 5.29. The van der Waals surface area contributed by atoms with Crippen LogP contribution in [0.4, 0.5) is 0 Å². The molecule has 0 fully saturated rings. The molecule has 2 rings (SSSR count). The Morgan fingerprint density at radius 3 is 2.35 bits per heavy atom. The molecular weight excluding hydrogens is 336 g/mol. The van der Waals surface area contributed by atoms with Crippen LogP contribution in [0, 0.1) is 0 Å². The largest absolute Gasteiger partial charge is 0.497 e. The number of carbonyl (C=O) groups is 1. The van der Waals surface area contributed by atoms with Crippen LogP contribution < -0.4 is 14.2 Å². The van der Waals surface area contributed by atoms with Gasteiger partial charge in [0.1, 0.15) is 12.4 Å². The first-order valence-corrected chi connectivity index (χ1v) is 8.09. The number of methoxy groups -OCH3 is 2. The van der Waals surface area contributed by atoms with Gasteiger partial charge in [0.25, 0.3) is 0 Å². The Morgan fingerprint density at radius 2 is 1.77 bits per heavy atom. The van der Waals surface area contributed by atoms with Crippen molar-refractivity contribution >= 4 is 12.0 Å². The van der Waals surface area contributed by atoms with Crippen molar-refractivity contribution in [3.05, 3.63) is 59.4 Å². The van der Waals surface area contributed by atoms with Crippen LogP contribution in [0.1, 0.15) is 18.1 Å². The summed E-state index contributed by atoms with van der Waals surface area (Å²) in [5, 5.41) is 9.14. The van der Waals surface area contributed by atoms with E-state index in [-0.39, 0.29) is 12.4 Å². The van der Waals surface area contributed by atoms with Crippen LogP contribution in [0.2, 0.25) is 0 Å². The van der Waals surface area contributed by atoms with Gasteiger partial charge in [-0.1, -0.05) is 18.2 Å². The summed E-state index contributed by atoms with van der Waals surface area (Å²) in [6.07, 6.45) is 1.45. The van der Waals surface area contributed by atoms with Gasteiger partial charge < -0.3 is 24.1 Å². The monoisotopic (exact) mass is 358 g/mol. The van der Waals surface area contributed by atoms with Gasteiger partial charge >= 0.3 is 5.97 Å². The first kappa shape index (κ1) is 19.2. The fraction of sp³-hybridized carbons (Fsp3) is 0.250. The molecule has 2 aromatic rings. The molecule has 6 nitrogen and oxygen atoms in total. The molecule has 0 bridgehead atoms. The Balaban J connectivity index is 2.14. The third kappa shape index (κ3) is 5.17. The third-order valence-corrected chi connectivity index (χ3v) is 3.55. The number of benzene rings is 2. The summed E-state index contributed by atoms with van der Waals surface area (Å²) in [5.41, 5.74) is 1.63. The molecule has 0 aliphatic carbocycles. The predicted molar refractivity (Wildman–Crippen MR) is 97.6 cm³/mol. The molecule has 0 amide bonds. The van der Waals surface area contributed by atoms with Crippen molar-refractivity contribution in [1.29, 1.82) is 0 Å². The van der Waals surface area contributed by atoms with Crippen molar-refractivity contribution in [1.82, 2.24) is 0 Å². The van der Waals surface area contributed by atoms with Gasteiger partial charge in [0, 0.05) is 0 Å². The molecule has 0 radical (unpaired) electrons. The van der Waals surface area contributed by atoms with E-state index in [1.54, 1.807) is 32.2 Å². The Bertz CT molecular complexity index is 764. The minimum Gasteiger partial charge on any atom is -0.497 e. The number of aliphatic carboxylic acids is 1. The topological polar surface area (TPSA) is 74.2 Å². The molecule has 26 heavy (non-hydrogen) atoms. The zero-order valence-electron chi connectivity index (χ0n) is 15.0. The van der Waals surface area contributed by atoms with Gasteiger partial charge in [0.2, 0.25) is 5.76 Å². The first-order valence-electron chi connectivity index (χ1n) is 8.09. The van der Waals surface area contributed by atoms with E-state index < -0.39 is 5.97 Å². The van der Waals surface area contributed by atoms with Gasteiger partial charge in [-0.05, 0) is 48.4 Å². The van der Waals surface area contributed by atoms with Crippen LogP contribution in [0.5, 0.6) is 17.2 Å². The van der Waals surface area contributed by atoms with E-state index in [1.165, 1.54) is 13.2 Å². The van der Waals surface area contributed by atoms with E-state index in [4.69, 9.17) is 24.1 Å². The molecule has 0 unspecified atom stereocenters. The van der Waals surface area contributed by atoms with Gasteiger partial charge in [0.05, 0.1) is 20.8 Å². The van der Waals surface area contributed by atoms with Crippen LogP contribution in [0.3, 0.4) is 0 Å². The van der Waals surface area contributed by atoms with Crippen molar-refractivity contribution < 1.29 is 28.8 Å². The SMILES string of the molecule is CCOC(=Cc1ccc(OCc2ccc(OC)cc2)c(OC)c1)C(=O)O. The minimum absolute atomic E-state index is 0.124. The molecule has 0 aliphatic rings. The zero-order valence-corrected chi connectivity index (χ0v) is 15.0. The molecule has 0 atom stereocenters. The average Bonchev–Trinajstić information content (AvgIpc) is 2.66. The molecule has 2 aromatic carbocycles. The van der Waals surface area contributed by atoms with Crippen LogP contribution in [-0.4, -0.2) is 31.9 Å². The smallest absolute Gasteiger partial charge is 0.371 e. The molecule has 0 spiro atoms. The summed E-state index contributed by atoms with van der Waals surface area (Å²) in [4.78, 5) is 11.2.